The first kappa shape index (κ1) is 13.0. The molecule has 7 heteroatoms. The molecule has 0 bridgehead atoms. The molecule has 1 saturated heterocycles. The highest BCUT2D eigenvalue weighted by atomic mass is 15.6. The van der Waals surface area contributed by atoms with Crippen molar-refractivity contribution in [3.63, 3.8) is 0 Å². The zero-order valence-corrected chi connectivity index (χ0v) is 11.4. The average Bonchev–Trinajstić information content (AvgIpc) is 2.98. The van der Waals surface area contributed by atoms with Gasteiger partial charge < -0.3 is 10.6 Å². The summed E-state index contributed by atoms with van der Waals surface area (Å²) in [5, 5.41) is 18.5. The second kappa shape index (κ2) is 6.44. The van der Waals surface area contributed by atoms with Crippen LogP contribution in [0.5, 0.6) is 0 Å². The monoisotopic (exact) mass is 273 g/mol. The molecular formula is C13H19N7. The van der Waals surface area contributed by atoms with Gasteiger partial charge in [-0.25, -0.2) is 0 Å². The van der Waals surface area contributed by atoms with Crippen LogP contribution in [0, 0.1) is 0 Å². The molecule has 1 fully saturated rings. The van der Waals surface area contributed by atoms with Crippen LogP contribution in [0.25, 0.3) is 5.69 Å². The van der Waals surface area contributed by atoms with E-state index in [1.54, 1.807) is 4.68 Å². The van der Waals surface area contributed by atoms with E-state index in [9.17, 15) is 0 Å². The summed E-state index contributed by atoms with van der Waals surface area (Å²) < 4.78 is 1.72. The summed E-state index contributed by atoms with van der Waals surface area (Å²) in [4.78, 5) is 2.43. The molecule has 20 heavy (non-hydrogen) atoms. The summed E-state index contributed by atoms with van der Waals surface area (Å²) >= 11 is 0. The summed E-state index contributed by atoms with van der Waals surface area (Å²) in [7, 11) is 0. The number of aromatic nitrogens is 4. The first-order valence-electron chi connectivity index (χ1n) is 6.94. The van der Waals surface area contributed by atoms with Gasteiger partial charge in [0.15, 0.2) is 0 Å². The molecule has 0 spiro atoms. The molecule has 1 aliphatic rings. The van der Waals surface area contributed by atoms with Crippen LogP contribution in [0.1, 0.15) is 0 Å². The van der Waals surface area contributed by atoms with Crippen LogP contribution < -0.4 is 10.6 Å². The predicted octanol–water partition coefficient (Wildman–Crippen LogP) is -0.0206. The number of nitrogens with zero attached hydrogens (tertiary/aromatic N) is 5. The van der Waals surface area contributed by atoms with Crippen molar-refractivity contribution in [1.29, 1.82) is 0 Å². The number of piperazine rings is 1. The highest BCUT2D eigenvalue weighted by Gasteiger charge is 2.10. The van der Waals surface area contributed by atoms with E-state index in [-0.39, 0.29) is 0 Å². The zero-order valence-electron chi connectivity index (χ0n) is 11.4. The largest absolute Gasteiger partial charge is 0.351 e. The molecular weight excluding hydrogens is 254 g/mol. The summed E-state index contributed by atoms with van der Waals surface area (Å²) in [6.07, 6.45) is 0. The Morgan fingerprint density at radius 2 is 1.95 bits per heavy atom. The lowest BCUT2D eigenvalue weighted by Crippen LogP contribution is -2.45. The zero-order chi connectivity index (χ0) is 13.6. The molecule has 0 amide bonds. The van der Waals surface area contributed by atoms with E-state index in [0.29, 0.717) is 5.95 Å². The molecule has 0 saturated carbocycles. The molecule has 106 valence electrons. The quantitative estimate of drug-likeness (QED) is 0.798. The number of rotatable bonds is 5. The molecule has 0 atom stereocenters. The Bertz CT molecular complexity index is 519. The van der Waals surface area contributed by atoms with Crippen LogP contribution in [0.2, 0.25) is 0 Å². The van der Waals surface area contributed by atoms with Crippen molar-refractivity contribution in [2.75, 3.05) is 44.6 Å². The van der Waals surface area contributed by atoms with Gasteiger partial charge in [0.1, 0.15) is 0 Å². The smallest absolute Gasteiger partial charge is 0.247 e. The normalized spacial score (nSPS) is 16.2. The van der Waals surface area contributed by atoms with E-state index < -0.39 is 0 Å². The van der Waals surface area contributed by atoms with Gasteiger partial charge in [0.2, 0.25) is 5.95 Å². The predicted molar refractivity (Wildman–Crippen MR) is 77.0 cm³/mol. The van der Waals surface area contributed by atoms with Gasteiger partial charge in [0.25, 0.3) is 0 Å². The van der Waals surface area contributed by atoms with E-state index in [1.807, 2.05) is 30.3 Å². The Labute approximate surface area is 118 Å². The van der Waals surface area contributed by atoms with Gasteiger partial charge >= 0.3 is 0 Å². The van der Waals surface area contributed by atoms with E-state index in [0.717, 1.165) is 45.0 Å². The van der Waals surface area contributed by atoms with Gasteiger partial charge in [-0.2, -0.15) is 4.68 Å². The second-order valence-corrected chi connectivity index (χ2v) is 4.77. The fraction of sp³-hybridized carbons (Fsp3) is 0.462. The van der Waals surface area contributed by atoms with Gasteiger partial charge in [0.05, 0.1) is 5.69 Å². The molecule has 0 unspecified atom stereocenters. The third-order valence-corrected chi connectivity index (χ3v) is 3.39. The van der Waals surface area contributed by atoms with Crippen LogP contribution in [0.3, 0.4) is 0 Å². The molecule has 1 aliphatic heterocycles. The number of nitrogens with one attached hydrogen (secondary N) is 2. The number of anilines is 1. The van der Waals surface area contributed by atoms with Gasteiger partial charge in [-0.1, -0.05) is 23.3 Å². The van der Waals surface area contributed by atoms with E-state index in [4.69, 9.17) is 0 Å². The summed E-state index contributed by atoms with van der Waals surface area (Å²) in [6, 6.07) is 9.89. The summed E-state index contributed by atoms with van der Waals surface area (Å²) in [6.45, 7) is 6.19. The minimum absolute atomic E-state index is 0.686. The number of para-hydroxylation sites is 1. The Hall–Kier alpha value is -1.99. The molecule has 2 heterocycles. The lowest BCUT2D eigenvalue weighted by atomic mass is 10.3. The SMILES string of the molecule is c1ccc(-n2nnnc2NCCN2CCNCC2)cc1. The molecule has 0 aliphatic carbocycles. The standard InChI is InChI=1S/C13H19N7/c1-2-4-12(5-3-1)20-13(16-17-18-20)15-8-11-19-9-6-14-7-10-19/h1-5,14H,6-11H2,(H,15,16,18). The fourth-order valence-corrected chi connectivity index (χ4v) is 2.30. The van der Waals surface area contributed by atoms with Crippen LogP contribution in [0.15, 0.2) is 30.3 Å². The Morgan fingerprint density at radius 1 is 1.15 bits per heavy atom. The molecule has 1 aromatic carbocycles. The van der Waals surface area contributed by atoms with E-state index in [2.05, 4.69) is 31.1 Å². The van der Waals surface area contributed by atoms with Gasteiger partial charge in [-0.05, 0) is 22.6 Å². The maximum absolute atomic E-state index is 4.04. The van der Waals surface area contributed by atoms with Gasteiger partial charge in [-0.15, -0.1) is 0 Å². The molecule has 2 aromatic rings. The average molecular weight is 273 g/mol. The Balaban J connectivity index is 1.57. The van der Waals surface area contributed by atoms with Crippen LogP contribution in [-0.2, 0) is 0 Å². The van der Waals surface area contributed by atoms with Crippen molar-refractivity contribution >= 4 is 5.95 Å². The van der Waals surface area contributed by atoms with E-state index in [1.165, 1.54) is 0 Å². The van der Waals surface area contributed by atoms with Gasteiger partial charge in [-0.3, -0.25) is 4.90 Å². The van der Waals surface area contributed by atoms with E-state index >= 15 is 0 Å². The molecule has 0 radical (unpaired) electrons. The lowest BCUT2D eigenvalue weighted by molar-refractivity contribution is 0.249. The second-order valence-electron chi connectivity index (χ2n) is 4.77. The van der Waals surface area contributed by atoms with Crippen molar-refractivity contribution in [1.82, 2.24) is 30.4 Å². The van der Waals surface area contributed by atoms with Crippen molar-refractivity contribution in [2.24, 2.45) is 0 Å². The maximum Gasteiger partial charge on any atom is 0.247 e. The Morgan fingerprint density at radius 3 is 2.75 bits per heavy atom. The number of hydrogen-bond donors (Lipinski definition) is 2. The molecule has 3 rings (SSSR count). The first-order chi connectivity index (χ1) is 9.93. The van der Waals surface area contributed by atoms with Crippen LogP contribution >= 0.6 is 0 Å². The van der Waals surface area contributed by atoms with Crippen molar-refractivity contribution < 1.29 is 0 Å². The number of benzene rings is 1. The number of hydrogen-bond acceptors (Lipinski definition) is 6. The van der Waals surface area contributed by atoms with Gasteiger partial charge in [0, 0.05) is 39.3 Å². The molecule has 2 N–H and O–H groups in total. The summed E-state index contributed by atoms with van der Waals surface area (Å²) in [5.74, 6) is 0.686. The van der Waals surface area contributed by atoms with Crippen molar-refractivity contribution in [3.8, 4) is 5.69 Å². The Kier molecular flexibility index (Phi) is 4.19. The van der Waals surface area contributed by atoms with Crippen LogP contribution in [0.4, 0.5) is 5.95 Å². The highest BCUT2D eigenvalue weighted by molar-refractivity contribution is 5.38. The lowest BCUT2D eigenvalue weighted by Gasteiger charge is -2.27. The topological polar surface area (TPSA) is 70.9 Å². The third-order valence-electron chi connectivity index (χ3n) is 3.39. The number of tetrazole rings is 1. The van der Waals surface area contributed by atoms with Crippen molar-refractivity contribution in [3.05, 3.63) is 30.3 Å². The first-order valence-corrected chi connectivity index (χ1v) is 6.94. The van der Waals surface area contributed by atoms with Crippen molar-refractivity contribution in [2.45, 2.75) is 0 Å². The minimum Gasteiger partial charge on any atom is -0.351 e. The molecule has 7 nitrogen and oxygen atoms in total. The minimum atomic E-state index is 0.686. The van der Waals surface area contributed by atoms with Crippen LogP contribution in [-0.4, -0.2) is 64.4 Å². The summed E-state index contributed by atoms with van der Waals surface area (Å²) in [5.41, 5.74) is 0.960. The fourth-order valence-electron chi connectivity index (χ4n) is 2.30. The maximum atomic E-state index is 4.04. The third kappa shape index (κ3) is 3.12. The molecule has 1 aromatic heterocycles. The highest BCUT2D eigenvalue weighted by Crippen LogP contribution is 2.10.